The van der Waals surface area contributed by atoms with Gasteiger partial charge in [0.2, 0.25) is 5.62 Å². The number of aromatic nitrogens is 3. The van der Waals surface area contributed by atoms with Crippen molar-refractivity contribution in [2.45, 2.75) is 26.1 Å². The molecule has 0 unspecified atom stereocenters. The largest absolute Gasteiger partial charge is 0.494 e. The average Bonchev–Trinajstić information content (AvgIpc) is 3.67. The molecule has 10 heteroatoms. The molecule has 240 valence electrons. The van der Waals surface area contributed by atoms with Gasteiger partial charge >= 0.3 is 0 Å². The van der Waals surface area contributed by atoms with E-state index in [1.165, 1.54) is 28.8 Å². The molecule has 1 saturated heterocycles. The molecule has 3 heterocycles. The van der Waals surface area contributed by atoms with E-state index in [2.05, 4.69) is 63.7 Å². The fourth-order valence-electron chi connectivity index (χ4n) is 6.21. The number of hydrogen-bond donors (Lipinski definition) is 1. The van der Waals surface area contributed by atoms with Crippen LogP contribution in [-0.4, -0.2) is 51.8 Å². The van der Waals surface area contributed by atoms with Crippen molar-refractivity contribution in [1.29, 1.82) is 5.41 Å². The molecule has 0 bridgehead atoms. The van der Waals surface area contributed by atoms with E-state index >= 15 is 0 Å². The Balaban J connectivity index is 0.977. The fourth-order valence-corrected chi connectivity index (χ4v) is 7.20. The number of nitrogens with one attached hydrogen (secondary N) is 1. The van der Waals surface area contributed by atoms with Gasteiger partial charge in [-0.05, 0) is 71.6 Å². The summed E-state index contributed by atoms with van der Waals surface area (Å²) in [4.78, 5) is 9.92. The summed E-state index contributed by atoms with van der Waals surface area (Å²) in [6.07, 6.45) is 0.724. The van der Waals surface area contributed by atoms with E-state index in [1.807, 2.05) is 33.4 Å². The summed E-state index contributed by atoms with van der Waals surface area (Å²) < 4.78 is 23.1. The van der Waals surface area contributed by atoms with Crippen molar-refractivity contribution in [1.82, 2.24) is 19.0 Å². The lowest BCUT2D eigenvalue weighted by molar-refractivity contribution is 0.250. The first-order valence-electron chi connectivity index (χ1n) is 15.9. The Kier molecular flexibility index (Phi) is 9.37. The number of thiazole rings is 1. The van der Waals surface area contributed by atoms with Crippen LogP contribution in [0.25, 0.3) is 22.2 Å². The van der Waals surface area contributed by atoms with Gasteiger partial charge in [0.25, 0.3) is 0 Å². The molecule has 1 N–H and O–H groups in total. The van der Waals surface area contributed by atoms with Crippen LogP contribution in [0.4, 0.5) is 9.52 Å². The van der Waals surface area contributed by atoms with Gasteiger partial charge in [-0.3, -0.25) is 10.3 Å². The molecule has 2 aromatic heterocycles. The minimum Gasteiger partial charge on any atom is -0.494 e. The molecule has 0 aliphatic carbocycles. The van der Waals surface area contributed by atoms with Crippen molar-refractivity contribution < 1.29 is 9.13 Å². The van der Waals surface area contributed by atoms with E-state index in [-0.39, 0.29) is 5.82 Å². The fraction of sp³-hybridized carbons (Fsp3) is 0.243. The minimum atomic E-state index is -0.280. The molecule has 0 spiro atoms. The second kappa shape index (κ2) is 14.1. The zero-order valence-corrected chi connectivity index (χ0v) is 27.6. The van der Waals surface area contributed by atoms with Crippen LogP contribution in [0.15, 0.2) is 102 Å². The van der Waals surface area contributed by atoms with Crippen LogP contribution in [0.3, 0.4) is 0 Å². The molecule has 47 heavy (non-hydrogen) atoms. The standard InChI is InChI=1S/C37H36ClFN6OS/c38-29-12-10-27(11-13-29)33-7-2-1-6-28(33)24-42-19-21-43(22-20-42)37-41-31(26-47-37)25-45-35-9-4-3-8-34(35)44(36(45)40)18-5-23-46-32-16-14-30(39)15-17-32/h1-4,6-17,26,40H,5,18-25H2. The highest BCUT2D eigenvalue weighted by Crippen LogP contribution is 2.28. The highest BCUT2D eigenvalue weighted by Gasteiger charge is 2.21. The first-order valence-corrected chi connectivity index (χ1v) is 17.1. The first kappa shape index (κ1) is 31.2. The highest BCUT2D eigenvalue weighted by molar-refractivity contribution is 7.13. The molecule has 0 amide bonds. The number of halogens is 2. The van der Waals surface area contributed by atoms with E-state index in [1.54, 1.807) is 23.5 Å². The summed E-state index contributed by atoms with van der Waals surface area (Å²) >= 11 is 7.81. The molecule has 0 atom stereocenters. The molecular formula is C37H36ClFN6OS. The molecule has 0 radical (unpaired) electrons. The van der Waals surface area contributed by atoms with Gasteiger partial charge in [0.15, 0.2) is 5.13 Å². The topological polar surface area (TPSA) is 62.3 Å². The summed E-state index contributed by atoms with van der Waals surface area (Å²) in [5.74, 6) is 0.364. The van der Waals surface area contributed by atoms with Gasteiger partial charge in [0.1, 0.15) is 11.6 Å². The molecule has 7 rings (SSSR count). The molecule has 4 aromatic carbocycles. The van der Waals surface area contributed by atoms with E-state index in [9.17, 15) is 4.39 Å². The van der Waals surface area contributed by atoms with Gasteiger partial charge < -0.3 is 18.8 Å². The number of ether oxygens (including phenoxy) is 1. The number of hydrogen-bond acceptors (Lipinski definition) is 6. The van der Waals surface area contributed by atoms with Gasteiger partial charge in [0, 0.05) is 49.7 Å². The van der Waals surface area contributed by atoms with Crippen LogP contribution in [0.2, 0.25) is 5.02 Å². The number of rotatable bonds is 11. The molecular weight excluding hydrogens is 631 g/mol. The zero-order valence-electron chi connectivity index (χ0n) is 26.0. The highest BCUT2D eigenvalue weighted by atomic mass is 35.5. The van der Waals surface area contributed by atoms with Crippen molar-refractivity contribution in [3.8, 4) is 16.9 Å². The number of imidazole rings is 1. The van der Waals surface area contributed by atoms with Crippen molar-refractivity contribution in [2.75, 3.05) is 37.7 Å². The summed E-state index contributed by atoms with van der Waals surface area (Å²) in [7, 11) is 0. The molecule has 1 aliphatic rings. The number of benzene rings is 4. The summed E-state index contributed by atoms with van der Waals surface area (Å²) in [5, 5.41) is 13.0. The third kappa shape index (κ3) is 7.12. The summed E-state index contributed by atoms with van der Waals surface area (Å²) in [6.45, 7) is 6.34. The summed E-state index contributed by atoms with van der Waals surface area (Å²) in [5.41, 5.74) is 7.19. The van der Waals surface area contributed by atoms with Crippen LogP contribution >= 0.6 is 22.9 Å². The molecule has 1 aliphatic heterocycles. The minimum absolute atomic E-state index is 0.280. The normalized spacial score (nSPS) is 13.8. The zero-order chi connectivity index (χ0) is 32.2. The Labute approximate surface area is 282 Å². The van der Waals surface area contributed by atoms with Crippen LogP contribution < -0.4 is 15.3 Å². The maximum Gasteiger partial charge on any atom is 0.203 e. The quantitative estimate of drug-likeness (QED) is 0.144. The van der Waals surface area contributed by atoms with Gasteiger partial charge in [-0.15, -0.1) is 11.3 Å². The van der Waals surface area contributed by atoms with Crippen LogP contribution in [-0.2, 0) is 19.6 Å². The van der Waals surface area contributed by atoms with E-state index in [0.717, 1.165) is 66.0 Å². The second-order valence-corrected chi connectivity index (χ2v) is 13.0. The monoisotopic (exact) mass is 666 g/mol. The van der Waals surface area contributed by atoms with Crippen LogP contribution in [0.1, 0.15) is 17.7 Å². The smallest absolute Gasteiger partial charge is 0.203 e. The number of nitrogens with zero attached hydrogens (tertiary/aromatic N) is 5. The number of aryl methyl sites for hydroxylation is 1. The van der Waals surface area contributed by atoms with Crippen LogP contribution in [0.5, 0.6) is 5.75 Å². The number of anilines is 1. The average molecular weight is 667 g/mol. The number of fused-ring (bicyclic) bond motifs is 1. The van der Waals surface area contributed by atoms with Crippen molar-refractivity contribution in [3.63, 3.8) is 0 Å². The summed E-state index contributed by atoms with van der Waals surface area (Å²) in [6, 6.07) is 30.9. The Morgan fingerprint density at radius 1 is 0.809 bits per heavy atom. The molecule has 6 aromatic rings. The third-order valence-corrected chi connectivity index (χ3v) is 9.85. The van der Waals surface area contributed by atoms with E-state index < -0.39 is 0 Å². The Morgan fingerprint density at radius 2 is 1.51 bits per heavy atom. The Bertz CT molecular complexity index is 2010. The number of piperazine rings is 1. The first-order chi connectivity index (χ1) is 23.0. The predicted molar refractivity (Wildman–Crippen MR) is 188 cm³/mol. The van der Waals surface area contributed by atoms with Gasteiger partial charge in [-0.1, -0.05) is 60.1 Å². The lowest BCUT2D eigenvalue weighted by atomic mass is 9.99. The van der Waals surface area contributed by atoms with Crippen molar-refractivity contribution in [2.24, 2.45) is 0 Å². The van der Waals surface area contributed by atoms with E-state index in [0.29, 0.717) is 31.1 Å². The SMILES string of the molecule is N=c1n(CCCOc2ccc(F)cc2)c2ccccc2n1Cc1csc(N2CCN(Cc3ccccc3-c3ccc(Cl)cc3)CC2)n1. The predicted octanol–water partition coefficient (Wildman–Crippen LogP) is 7.68. The van der Waals surface area contributed by atoms with Gasteiger partial charge in [0.05, 0.1) is 29.9 Å². The van der Waals surface area contributed by atoms with Gasteiger partial charge in [-0.25, -0.2) is 9.37 Å². The van der Waals surface area contributed by atoms with Crippen molar-refractivity contribution in [3.05, 3.63) is 130 Å². The Morgan fingerprint density at radius 3 is 2.28 bits per heavy atom. The van der Waals surface area contributed by atoms with E-state index in [4.69, 9.17) is 26.7 Å². The lowest BCUT2D eigenvalue weighted by Crippen LogP contribution is -2.46. The maximum atomic E-state index is 13.2. The maximum absolute atomic E-state index is 13.2. The third-order valence-electron chi connectivity index (χ3n) is 8.65. The molecule has 7 nitrogen and oxygen atoms in total. The number of para-hydroxylation sites is 2. The second-order valence-electron chi connectivity index (χ2n) is 11.8. The van der Waals surface area contributed by atoms with Gasteiger partial charge in [-0.2, -0.15) is 0 Å². The van der Waals surface area contributed by atoms with Crippen molar-refractivity contribution >= 4 is 39.1 Å². The lowest BCUT2D eigenvalue weighted by Gasteiger charge is -2.35. The van der Waals surface area contributed by atoms with Crippen LogP contribution in [0, 0.1) is 11.2 Å². The molecule has 1 fully saturated rings. The Hall–Kier alpha value is -4.44. The molecule has 0 saturated carbocycles.